The average molecular weight is 481 g/mol. The molecule has 0 unspecified atom stereocenters. The Morgan fingerprint density at radius 2 is 1.81 bits per heavy atom. The van der Waals surface area contributed by atoms with Crippen molar-refractivity contribution in [3.05, 3.63) is 77.6 Å². The Kier molecular flexibility index (Phi) is 7.42. The zero-order chi connectivity index (χ0) is 22.4. The molecule has 2 N–H and O–H groups in total. The van der Waals surface area contributed by atoms with Crippen LogP contribution in [0.2, 0.25) is 5.02 Å². The number of benzene rings is 3. The molecule has 3 aromatic rings. The summed E-state index contributed by atoms with van der Waals surface area (Å²) >= 11 is 7.65. The van der Waals surface area contributed by atoms with Crippen LogP contribution in [0.5, 0.6) is 5.75 Å². The molecule has 0 aliphatic carbocycles. The quantitative estimate of drug-likeness (QED) is 0.442. The highest BCUT2D eigenvalue weighted by atomic mass is 35.5. The van der Waals surface area contributed by atoms with Gasteiger partial charge in [-0.15, -0.1) is 11.8 Å². The van der Waals surface area contributed by atoms with E-state index < -0.39 is 15.8 Å². The van der Waals surface area contributed by atoms with Crippen LogP contribution in [0.15, 0.2) is 76.5 Å². The first kappa shape index (κ1) is 22.9. The van der Waals surface area contributed by atoms with Crippen LogP contribution in [0.25, 0.3) is 0 Å². The number of rotatable bonds is 8. The Morgan fingerprint density at radius 3 is 2.48 bits per heavy atom. The summed E-state index contributed by atoms with van der Waals surface area (Å²) in [6, 6.07) is 16.1. The standard InChI is InChI=1S/C21H18ClFN2O4S2/c1-30-20-5-3-2-4-18(20)24-21(26)13-29-19-11-10-16(12-17(19)22)31(27,28)25-15-8-6-14(23)7-9-15/h2-12,25H,13H2,1H3,(H,24,26). The Labute approximate surface area is 188 Å². The van der Waals surface area contributed by atoms with Crippen LogP contribution in [0, 0.1) is 5.82 Å². The molecule has 10 heteroatoms. The number of ether oxygens (including phenoxy) is 1. The molecule has 3 aromatic carbocycles. The molecule has 0 saturated carbocycles. The summed E-state index contributed by atoms with van der Waals surface area (Å²) in [6.07, 6.45) is 1.90. The summed E-state index contributed by atoms with van der Waals surface area (Å²) in [5.74, 6) is -0.698. The van der Waals surface area contributed by atoms with Gasteiger partial charge in [0.15, 0.2) is 6.61 Å². The fraction of sp³-hybridized carbons (Fsp3) is 0.0952. The van der Waals surface area contributed by atoms with Gasteiger partial charge in [-0.1, -0.05) is 23.7 Å². The summed E-state index contributed by atoms with van der Waals surface area (Å²) in [5, 5.41) is 2.78. The Bertz CT molecular complexity index is 1190. The van der Waals surface area contributed by atoms with Crippen LogP contribution in [-0.4, -0.2) is 27.2 Å². The van der Waals surface area contributed by atoms with Gasteiger partial charge in [-0.2, -0.15) is 0 Å². The largest absolute Gasteiger partial charge is 0.482 e. The molecule has 0 saturated heterocycles. The van der Waals surface area contributed by atoms with Gasteiger partial charge in [0.2, 0.25) is 0 Å². The lowest BCUT2D eigenvalue weighted by Gasteiger charge is -2.12. The van der Waals surface area contributed by atoms with Crippen molar-refractivity contribution < 1.29 is 22.3 Å². The van der Waals surface area contributed by atoms with Crippen molar-refractivity contribution in [2.45, 2.75) is 9.79 Å². The molecule has 0 aliphatic rings. The predicted octanol–water partition coefficient (Wildman–Crippen LogP) is 5.02. The minimum atomic E-state index is -3.94. The number of sulfonamides is 1. The van der Waals surface area contributed by atoms with Crippen LogP contribution in [0.4, 0.5) is 15.8 Å². The molecule has 0 radical (unpaired) electrons. The highest BCUT2D eigenvalue weighted by Crippen LogP contribution is 2.29. The molecular formula is C21H18ClFN2O4S2. The van der Waals surface area contributed by atoms with E-state index in [2.05, 4.69) is 10.0 Å². The second-order valence-electron chi connectivity index (χ2n) is 6.24. The van der Waals surface area contributed by atoms with E-state index >= 15 is 0 Å². The molecule has 1 amide bonds. The first-order chi connectivity index (χ1) is 14.8. The zero-order valence-electron chi connectivity index (χ0n) is 16.3. The Balaban J connectivity index is 1.65. The third-order valence-corrected chi connectivity index (χ3v) is 6.52. The average Bonchev–Trinajstić information content (AvgIpc) is 2.74. The van der Waals surface area contributed by atoms with Crippen molar-refractivity contribution in [1.29, 1.82) is 0 Å². The minimum Gasteiger partial charge on any atom is -0.482 e. The molecule has 0 atom stereocenters. The highest BCUT2D eigenvalue weighted by molar-refractivity contribution is 7.98. The van der Waals surface area contributed by atoms with Crippen LogP contribution in [-0.2, 0) is 14.8 Å². The monoisotopic (exact) mass is 480 g/mol. The van der Waals surface area contributed by atoms with Crippen molar-refractivity contribution in [3.63, 3.8) is 0 Å². The molecule has 0 aliphatic heterocycles. The van der Waals surface area contributed by atoms with Crippen molar-refractivity contribution in [1.82, 2.24) is 0 Å². The lowest BCUT2D eigenvalue weighted by Crippen LogP contribution is -2.20. The number of carbonyl (C=O) groups is 1. The summed E-state index contributed by atoms with van der Waals surface area (Å²) in [7, 11) is -3.94. The van der Waals surface area contributed by atoms with E-state index in [1.165, 1.54) is 42.1 Å². The molecule has 162 valence electrons. The van der Waals surface area contributed by atoms with Gasteiger partial charge in [-0.05, 0) is 60.9 Å². The van der Waals surface area contributed by atoms with Gasteiger partial charge >= 0.3 is 0 Å². The molecule has 31 heavy (non-hydrogen) atoms. The number of para-hydroxylation sites is 1. The van der Waals surface area contributed by atoms with Gasteiger partial charge < -0.3 is 10.1 Å². The normalized spacial score (nSPS) is 11.1. The SMILES string of the molecule is CSc1ccccc1NC(=O)COc1ccc(S(=O)(=O)Nc2ccc(F)cc2)cc1Cl. The fourth-order valence-electron chi connectivity index (χ4n) is 2.58. The zero-order valence-corrected chi connectivity index (χ0v) is 18.7. The molecule has 0 spiro atoms. The summed E-state index contributed by atoms with van der Waals surface area (Å²) in [5.41, 5.74) is 0.878. The van der Waals surface area contributed by atoms with Gasteiger partial charge in [0.25, 0.3) is 15.9 Å². The van der Waals surface area contributed by atoms with Gasteiger partial charge in [0.1, 0.15) is 11.6 Å². The smallest absolute Gasteiger partial charge is 0.262 e. The van der Waals surface area contributed by atoms with E-state index in [-0.39, 0.29) is 33.9 Å². The Morgan fingerprint density at radius 1 is 1.10 bits per heavy atom. The molecule has 3 rings (SSSR count). The summed E-state index contributed by atoms with van der Waals surface area (Å²) < 4.78 is 45.8. The molecule has 0 heterocycles. The second-order valence-corrected chi connectivity index (χ2v) is 9.18. The van der Waals surface area contributed by atoms with Crippen LogP contribution in [0.1, 0.15) is 0 Å². The number of anilines is 2. The van der Waals surface area contributed by atoms with E-state index in [0.717, 1.165) is 17.0 Å². The molecule has 0 bridgehead atoms. The minimum absolute atomic E-state index is 0.0271. The van der Waals surface area contributed by atoms with Gasteiger partial charge in [-0.25, -0.2) is 12.8 Å². The van der Waals surface area contributed by atoms with Gasteiger partial charge in [-0.3, -0.25) is 9.52 Å². The van der Waals surface area contributed by atoms with Gasteiger partial charge in [0.05, 0.1) is 15.6 Å². The molecular weight excluding hydrogens is 463 g/mol. The maximum Gasteiger partial charge on any atom is 0.262 e. The summed E-state index contributed by atoms with van der Waals surface area (Å²) in [4.78, 5) is 13.0. The lowest BCUT2D eigenvalue weighted by atomic mass is 10.3. The first-order valence-electron chi connectivity index (χ1n) is 8.92. The van der Waals surface area contributed by atoms with E-state index in [9.17, 15) is 17.6 Å². The van der Waals surface area contributed by atoms with Crippen molar-refractivity contribution in [3.8, 4) is 5.75 Å². The number of halogens is 2. The highest BCUT2D eigenvalue weighted by Gasteiger charge is 2.17. The molecule has 0 fully saturated rings. The van der Waals surface area contributed by atoms with E-state index in [0.29, 0.717) is 5.69 Å². The maximum absolute atomic E-state index is 13.0. The lowest BCUT2D eigenvalue weighted by molar-refractivity contribution is -0.118. The van der Waals surface area contributed by atoms with E-state index in [4.69, 9.17) is 16.3 Å². The van der Waals surface area contributed by atoms with Crippen molar-refractivity contribution in [2.24, 2.45) is 0 Å². The number of hydrogen-bond acceptors (Lipinski definition) is 5. The predicted molar refractivity (Wildman–Crippen MR) is 121 cm³/mol. The van der Waals surface area contributed by atoms with Crippen molar-refractivity contribution >= 4 is 50.7 Å². The fourth-order valence-corrected chi connectivity index (χ4v) is 4.51. The van der Waals surface area contributed by atoms with Gasteiger partial charge in [0, 0.05) is 10.6 Å². The van der Waals surface area contributed by atoms with Crippen LogP contribution >= 0.6 is 23.4 Å². The van der Waals surface area contributed by atoms with E-state index in [1.807, 2.05) is 24.5 Å². The number of thioether (sulfide) groups is 1. The molecule has 6 nitrogen and oxygen atoms in total. The maximum atomic E-state index is 13.0. The first-order valence-corrected chi connectivity index (χ1v) is 12.0. The second kappa shape index (κ2) is 10.0. The number of carbonyl (C=O) groups excluding carboxylic acids is 1. The Hall–Kier alpha value is -2.75. The number of nitrogens with one attached hydrogen (secondary N) is 2. The third-order valence-electron chi connectivity index (χ3n) is 4.05. The van der Waals surface area contributed by atoms with Crippen LogP contribution in [0.3, 0.4) is 0 Å². The summed E-state index contributed by atoms with van der Waals surface area (Å²) in [6.45, 7) is -0.303. The molecule has 0 aromatic heterocycles. The van der Waals surface area contributed by atoms with E-state index in [1.54, 1.807) is 6.07 Å². The third kappa shape index (κ3) is 6.13. The van der Waals surface area contributed by atoms with Crippen LogP contribution < -0.4 is 14.8 Å². The number of hydrogen-bond donors (Lipinski definition) is 2. The van der Waals surface area contributed by atoms with Crippen molar-refractivity contribution in [2.75, 3.05) is 22.9 Å². The number of amides is 1. The topological polar surface area (TPSA) is 84.5 Å².